The highest BCUT2D eigenvalue weighted by Gasteiger charge is 2.28. The lowest BCUT2D eigenvalue weighted by Gasteiger charge is -2.24. The Bertz CT molecular complexity index is 153. The van der Waals surface area contributed by atoms with Crippen molar-refractivity contribution in [1.82, 2.24) is 9.80 Å². The normalized spacial score (nSPS) is 32.1. The van der Waals surface area contributed by atoms with Crippen molar-refractivity contribution in [3.05, 3.63) is 0 Å². The van der Waals surface area contributed by atoms with Gasteiger partial charge in [0.25, 0.3) is 0 Å². The van der Waals surface area contributed by atoms with Gasteiger partial charge in [0, 0.05) is 25.2 Å². The molecule has 0 bridgehead atoms. The maximum absolute atomic E-state index is 2.70. The SMILES string of the molecule is CC(C)N1CCC2CCCN2CC1. The van der Waals surface area contributed by atoms with Crippen molar-refractivity contribution in [1.29, 1.82) is 0 Å². The van der Waals surface area contributed by atoms with Gasteiger partial charge in [0.1, 0.15) is 0 Å². The van der Waals surface area contributed by atoms with Gasteiger partial charge in [-0.25, -0.2) is 0 Å². The first-order valence-corrected chi connectivity index (χ1v) is 5.75. The smallest absolute Gasteiger partial charge is 0.0112 e. The van der Waals surface area contributed by atoms with Gasteiger partial charge in [-0.15, -0.1) is 0 Å². The standard InChI is InChI=1S/C11H22N2/c1-10(2)12-7-5-11-4-3-6-13(11)9-8-12/h10-11H,3-9H2,1-2H3. The van der Waals surface area contributed by atoms with Gasteiger partial charge >= 0.3 is 0 Å². The molecular formula is C11H22N2. The van der Waals surface area contributed by atoms with E-state index < -0.39 is 0 Å². The Labute approximate surface area is 81.9 Å². The van der Waals surface area contributed by atoms with E-state index in [0.29, 0.717) is 0 Å². The lowest BCUT2D eigenvalue weighted by molar-refractivity contribution is 0.222. The second-order valence-electron chi connectivity index (χ2n) is 4.75. The third-order valence-electron chi connectivity index (χ3n) is 3.65. The molecule has 1 atom stereocenters. The Kier molecular flexibility index (Phi) is 2.89. The first-order chi connectivity index (χ1) is 6.27. The molecule has 0 radical (unpaired) electrons. The summed E-state index contributed by atoms with van der Waals surface area (Å²) in [6, 6.07) is 1.66. The van der Waals surface area contributed by atoms with Gasteiger partial charge in [-0.05, 0) is 46.2 Å². The first-order valence-electron chi connectivity index (χ1n) is 5.75. The minimum atomic E-state index is 0.736. The van der Waals surface area contributed by atoms with Gasteiger partial charge in [0.2, 0.25) is 0 Å². The predicted molar refractivity (Wildman–Crippen MR) is 55.9 cm³/mol. The summed E-state index contributed by atoms with van der Waals surface area (Å²) >= 11 is 0. The van der Waals surface area contributed by atoms with Crippen molar-refractivity contribution in [2.24, 2.45) is 0 Å². The average Bonchev–Trinajstić information content (AvgIpc) is 2.44. The Morgan fingerprint density at radius 2 is 1.85 bits per heavy atom. The topological polar surface area (TPSA) is 6.48 Å². The van der Waals surface area contributed by atoms with Crippen LogP contribution in [0.4, 0.5) is 0 Å². The summed E-state index contributed by atoms with van der Waals surface area (Å²) in [4.78, 5) is 5.32. The molecule has 13 heavy (non-hydrogen) atoms. The largest absolute Gasteiger partial charge is 0.300 e. The van der Waals surface area contributed by atoms with Crippen molar-refractivity contribution in [2.45, 2.75) is 45.2 Å². The van der Waals surface area contributed by atoms with Crippen molar-refractivity contribution < 1.29 is 0 Å². The second kappa shape index (κ2) is 3.97. The molecule has 0 aromatic rings. The van der Waals surface area contributed by atoms with Gasteiger partial charge in [-0.3, -0.25) is 9.80 Å². The summed E-state index contributed by atoms with van der Waals surface area (Å²) in [6.45, 7) is 9.90. The van der Waals surface area contributed by atoms with E-state index in [1.807, 2.05) is 0 Å². The molecule has 0 aromatic carbocycles. The maximum Gasteiger partial charge on any atom is 0.0112 e. The summed E-state index contributed by atoms with van der Waals surface area (Å²) in [5, 5.41) is 0. The Morgan fingerprint density at radius 3 is 2.62 bits per heavy atom. The van der Waals surface area contributed by atoms with Crippen molar-refractivity contribution in [2.75, 3.05) is 26.2 Å². The van der Waals surface area contributed by atoms with E-state index in [1.54, 1.807) is 0 Å². The lowest BCUT2D eigenvalue weighted by atomic mass is 10.1. The molecule has 0 aliphatic carbocycles. The Morgan fingerprint density at radius 1 is 1.00 bits per heavy atom. The molecule has 0 aromatic heterocycles. The third-order valence-corrected chi connectivity index (χ3v) is 3.65. The van der Waals surface area contributed by atoms with Crippen molar-refractivity contribution in [3.8, 4) is 0 Å². The zero-order valence-electron chi connectivity index (χ0n) is 9.00. The molecule has 2 nitrogen and oxygen atoms in total. The molecule has 0 N–H and O–H groups in total. The summed E-state index contributed by atoms with van der Waals surface area (Å²) in [5.74, 6) is 0. The fraction of sp³-hybridized carbons (Fsp3) is 1.00. The van der Waals surface area contributed by atoms with Crippen LogP contribution in [-0.4, -0.2) is 48.1 Å². The van der Waals surface area contributed by atoms with Gasteiger partial charge in [-0.2, -0.15) is 0 Å². The monoisotopic (exact) mass is 182 g/mol. The summed E-state index contributed by atoms with van der Waals surface area (Å²) in [6.07, 6.45) is 4.29. The zero-order valence-corrected chi connectivity index (χ0v) is 9.00. The van der Waals surface area contributed by atoms with Crippen LogP contribution in [-0.2, 0) is 0 Å². The van der Waals surface area contributed by atoms with E-state index >= 15 is 0 Å². The highest BCUT2D eigenvalue weighted by molar-refractivity contribution is 4.84. The maximum atomic E-state index is 2.70. The molecule has 2 rings (SSSR count). The van der Waals surface area contributed by atoms with Crippen LogP contribution in [0.3, 0.4) is 0 Å². The van der Waals surface area contributed by atoms with E-state index in [1.165, 1.54) is 45.4 Å². The molecule has 76 valence electrons. The molecule has 0 amide bonds. The molecular weight excluding hydrogens is 160 g/mol. The molecule has 1 unspecified atom stereocenters. The van der Waals surface area contributed by atoms with Crippen LogP contribution in [0, 0.1) is 0 Å². The summed E-state index contributed by atoms with van der Waals surface area (Å²) in [5.41, 5.74) is 0. The fourth-order valence-electron chi connectivity index (χ4n) is 2.72. The molecule has 2 heteroatoms. The summed E-state index contributed by atoms with van der Waals surface area (Å²) in [7, 11) is 0. The average molecular weight is 182 g/mol. The fourth-order valence-corrected chi connectivity index (χ4v) is 2.72. The summed E-state index contributed by atoms with van der Waals surface area (Å²) < 4.78 is 0. The predicted octanol–water partition coefficient (Wildman–Crippen LogP) is 1.56. The number of fused-ring (bicyclic) bond motifs is 1. The Hall–Kier alpha value is -0.0800. The van der Waals surface area contributed by atoms with Crippen molar-refractivity contribution in [3.63, 3.8) is 0 Å². The number of hydrogen-bond acceptors (Lipinski definition) is 2. The van der Waals surface area contributed by atoms with E-state index in [4.69, 9.17) is 0 Å². The lowest BCUT2D eigenvalue weighted by Crippen LogP contribution is -2.35. The number of nitrogens with zero attached hydrogens (tertiary/aromatic N) is 2. The Balaban J connectivity index is 1.91. The molecule has 2 saturated heterocycles. The van der Waals surface area contributed by atoms with Crippen LogP contribution in [0.1, 0.15) is 33.1 Å². The van der Waals surface area contributed by atoms with Crippen LogP contribution < -0.4 is 0 Å². The minimum absolute atomic E-state index is 0.736. The van der Waals surface area contributed by atoms with Crippen LogP contribution >= 0.6 is 0 Å². The quantitative estimate of drug-likeness (QED) is 0.607. The van der Waals surface area contributed by atoms with E-state index in [-0.39, 0.29) is 0 Å². The third kappa shape index (κ3) is 2.05. The number of hydrogen-bond donors (Lipinski definition) is 0. The molecule has 2 fully saturated rings. The van der Waals surface area contributed by atoms with Gasteiger partial charge < -0.3 is 0 Å². The van der Waals surface area contributed by atoms with Gasteiger partial charge in [0.15, 0.2) is 0 Å². The molecule has 0 saturated carbocycles. The minimum Gasteiger partial charge on any atom is -0.300 e. The van der Waals surface area contributed by atoms with Crippen molar-refractivity contribution >= 4 is 0 Å². The number of rotatable bonds is 1. The molecule has 0 spiro atoms. The highest BCUT2D eigenvalue weighted by atomic mass is 15.3. The van der Waals surface area contributed by atoms with E-state index in [9.17, 15) is 0 Å². The van der Waals surface area contributed by atoms with Crippen LogP contribution in [0.25, 0.3) is 0 Å². The molecule has 2 heterocycles. The van der Waals surface area contributed by atoms with E-state index in [0.717, 1.165) is 12.1 Å². The highest BCUT2D eigenvalue weighted by Crippen LogP contribution is 2.22. The molecule has 2 aliphatic rings. The zero-order chi connectivity index (χ0) is 9.26. The van der Waals surface area contributed by atoms with Gasteiger partial charge in [-0.1, -0.05) is 0 Å². The first kappa shape index (κ1) is 9.47. The van der Waals surface area contributed by atoms with E-state index in [2.05, 4.69) is 23.6 Å². The molecule has 2 aliphatic heterocycles. The van der Waals surface area contributed by atoms with Crippen LogP contribution in [0.5, 0.6) is 0 Å². The van der Waals surface area contributed by atoms with Gasteiger partial charge in [0.05, 0.1) is 0 Å². The van der Waals surface area contributed by atoms with Crippen LogP contribution in [0.15, 0.2) is 0 Å². The second-order valence-corrected chi connectivity index (χ2v) is 4.75. The van der Waals surface area contributed by atoms with Crippen LogP contribution in [0.2, 0.25) is 0 Å².